The lowest BCUT2D eigenvalue weighted by atomic mass is 10.0. The average molecular weight is 230 g/mol. The van der Waals surface area contributed by atoms with Crippen LogP contribution >= 0.6 is 0 Å². The highest BCUT2D eigenvalue weighted by molar-refractivity contribution is 5.76. The van der Waals surface area contributed by atoms with Gasteiger partial charge in [-0.2, -0.15) is 0 Å². The van der Waals surface area contributed by atoms with Crippen LogP contribution in [-0.4, -0.2) is 34.4 Å². The molecule has 0 spiro atoms. The van der Waals surface area contributed by atoms with Crippen LogP contribution in [0.1, 0.15) is 15.8 Å². The number of methoxy groups -OCH3 is 1. The first-order valence-electron chi connectivity index (χ1n) is 5.77. The second kappa shape index (κ2) is 4.82. The zero-order valence-electron chi connectivity index (χ0n) is 11.4. The molecular formula is C10H13NO5. The van der Waals surface area contributed by atoms with E-state index >= 15 is 0 Å². The number of aromatic hydroxyl groups is 2. The molecule has 0 saturated carbocycles. The van der Waals surface area contributed by atoms with Gasteiger partial charge in [0.05, 0.1) is 11.2 Å². The fraction of sp³-hybridized carbons (Fsp3) is 0.300. The van der Waals surface area contributed by atoms with E-state index in [0.29, 0.717) is 0 Å². The van der Waals surface area contributed by atoms with Crippen LogP contribution in [-0.2, 0) is 9.53 Å². The second-order valence-corrected chi connectivity index (χ2v) is 2.98. The number of carbonyl (C=O) groups excluding carboxylic acids is 1. The Morgan fingerprint density at radius 3 is 2.69 bits per heavy atom. The minimum absolute atomic E-state index is 0.529. The number of esters is 1. The number of aliphatic hydroxyl groups excluding tert-OH is 1. The zero-order chi connectivity index (χ0) is 14.9. The van der Waals surface area contributed by atoms with E-state index in [1.807, 2.05) is 0 Å². The predicted octanol–water partition coefficient (Wildman–Crippen LogP) is -0.369. The molecule has 0 aliphatic heterocycles. The van der Waals surface area contributed by atoms with Gasteiger partial charge in [-0.15, -0.1) is 0 Å². The number of hydrogen-bond acceptors (Lipinski definition) is 6. The van der Waals surface area contributed by atoms with Gasteiger partial charge in [-0.3, -0.25) is 4.79 Å². The summed E-state index contributed by atoms with van der Waals surface area (Å²) >= 11 is 0. The normalized spacial score (nSPS) is 16.8. The van der Waals surface area contributed by atoms with Gasteiger partial charge in [-0.1, -0.05) is 6.04 Å². The van der Waals surface area contributed by atoms with Gasteiger partial charge >= 0.3 is 5.97 Å². The summed E-state index contributed by atoms with van der Waals surface area (Å²) in [5, 5.41) is 28.5. The highest BCUT2D eigenvalue weighted by Gasteiger charge is 2.25. The maximum absolute atomic E-state index is 11.2. The number of rotatable bonds is 3. The first kappa shape index (κ1) is 8.37. The van der Waals surface area contributed by atoms with E-state index in [1.54, 1.807) is 0 Å². The molecule has 0 bridgehead atoms. The summed E-state index contributed by atoms with van der Waals surface area (Å²) in [6, 6.07) is -3.83. The van der Waals surface area contributed by atoms with Crippen LogP contribution in [0.3, 0.4) is 0 Å². The molecule has 1 rings (SSSR count). The number of aliphatic hydroxyl groups is 1. The SMILES string of the molecule is [2H]c1c([2H])c([C@@H](O)[C@H](N)C(=O)OC)c([2H])c(O)c1O. The number of ether oxygens (including phenoxy) is 1. The van der Waals surface area contributed by atoms with Crippen LogP contribution in [0.2, 0.25) is 0 Å². The van der Waals surface area contributed by atoms with Crippen molar-refractivity contribution in [2.75, 3.05) is 7.11 Å². The second-order valence-electron chi connectivity index (χ2n) is 2.98. The van der Waals surface area contributed by atoms with Crippen molar-refractivity contribution in [3.63, 3.8) is 0 Å². The van der Waals surface area contributed by atoms with Crippen molar-refractivity contribution in [3.05, 3.63) is 23.7 Å². The van der Waals surface area contributed by atoms with Gasteiger partial charge in [0.2, 0.25) is 0 Å². The van der Waals surface area contributed by atoms with Crippen LogP contribution in [0.15, 0.2) is 18.1 Å². The van der Waals surface area contributed by atoms with Gasteiger partial charge in [0.1, 0.15) is 12.1 Å². The Kier molecular flexibility index (Phi) is 2.52. The fourth-order valence-electron chi connectivity index (χ4n) is 0.996. The summed E-state index contributed by atoms with van der Waals surface area (Å²) in [5.41, 5.74) is 4.85. The molecule has 1 aromatic carbocycles. The highest BCUT2D eigenvalue weighted by atomic mass is 16.5. The maximum atomic E-state index is 11.2. The zero-order valence-corrected chi connectivity index (χ0v) is 8.39. The number of hydrogen-bond donors (Lipinski definition) is 4. The van der Waals surface area contributed by atoms with Crippen LogP contribution in [0.25, 0.3) is 0 Å². The molecule has 0 amide bonds. The molecule has 0 heterocycles. The van der Waals surface area contributed by atoms with E-state index in [0.717, 1.165) is 7.11 Å². The molecule has 0 aliphatic carbocycles. The molecular weight excluding hydrogens is 214 g/mol. The van der Waals surface area contributed by atoms with Crippen molar-refractivity contribution in [3.8, 4) is 11.5 Å². The van der Waals surface area contributed by atoms with Gasteiger partial charge < -0.3 is 25.8 Å². The lowest BCUT2D eigenvalue weighted by Crippen LogP contribution is -2.37. The van der Waals surface area contributed by atoms with Crippen molar-refractivity contribution in [2.24, 2.45) is 5.73 Å². The Morgan fingerprint density at radius 1 is 1.50 bits per heavy atom. The Morgan fingerprint density at radius 2 is 2.12 bits per heavy atom. The van der Waals surface area contributed by atoms with E-state index in [-0.39, 0.29) is 0 Å². The summed E-state index contributed by atoms with van der Waals surface area (Å²) in [4.78, 5) is 11.2. The Balaban J connectivity index is 3.39. The standard InChI is InChI=1S/C10H13NO5/c1-16-10(15)8(11)9(14)5-2-3-6(12)7(13)4-5/h2-4,8-9,12-14H,11H2,1H3/t8-,9+/m0/s1/i2D,3D,4D. The summed E-state index contributed by atoms with van der Waals surface area (Å²) < 4.78 is 26.7. The van der Waals surface area contributed by atoms with Crippen LogP contribution in [0, 0.1) is 0 Å². The molecule has 0 aliphatic rings. The molecule has 6 heteroatoms. The van der Waals surface area contributed by atoms with E-state index < -0.39 is 53.3 Å². The third-order valence-electron chi connectivity index (χ3n) is 1.90. The molecule has 88 valence electrons. The molecule has 0 unspecified atom stereocenters. The summed E-state index contributed by atoms with van der Waals surface area (Å²) in [6.45, 7) is 0. The quantitative estimate of drug-likeness (QED) is 0.416. The van der Waals surface area contributed by atoms with Crippen LogP contribution in [0.5, 0.6) is 11.5 Å². The summed E-state index contributed by atoms with van der Waals surface area (Å²) in [7, 11) is 1.04. The molecule has 0 saturated heterocycles. The van der Waals surface area contributed by atoms with E-state index in [2.05, 4.69) is 4.74 Å². The average Bonchev–Trinajstić information content (AvgIpc) is 2.41. The number of carbonyl (C=O) groups is 1. The lowest BCUT2D eigenvalue weighted by molar-refractivity contribution is -0.145. The number of phenols is 2. The van der Waals surface area contributed by atoms with Crippen molar-refractivity contribution in [1.82, 2.24) is 0 Å². The molecule has 0 radical (unpaired) electrons. The van der Waals surface area contributed by atoms with Crippen molar-refractivity contribution >= 4 is 5.97 Å². The van der Waals surface area contributed by atoms with Crippen molar-refractivity contribution < 1.29 is 29.0 Å². The van der Waals surface area contributed by atoms with E-state index in [9.17, 15) is 20.1 Å². The Hall–Kier alpha value is -1.79. The number of phenolic OH excluding ortho intramolecular Hbond substituents is 2. The summed E-state index contributed by atoms with van der Waals surface area (Å²) in [6.07, 6.45) is -1.82. The lowest BCUT2D eigenvalue weighted by Gasteiger charge is -2.17. The molecule has 0 fully saturated rings. The Labute approximate surface area is 96.1 Å². The highest BCUT2D eigenvalue weighted by Crippen LogP contribution is 2.28. The molecule has 1 aromatic rings. The summed E-state index contributed by atoms with van der Waals surface area (Å²) in [5.74, 6) is -2.89. The van der Waals surface area contributed by atoms with Gasteiger partial charge in [-0.25, -0.2) is 0 Å². The first-order valence-corrected chi connectivity index (χ1v) is 4.27. The number of nitrogens with two attached hydrogens (primary N) is 1. The van der Waals surface area contributed by atoms with Gasteiger partial charge in [0.25, 0.3) is 0 Å². The third-order valence-corrected chi connectivity index (χ3v) is 1.90. The largest absolute Gasteiger partial charge is 0.504 e. The number of benzene rings is 1. The van der Waals surface area contributed by atoms with Gasteiger partial charge in [0.15, 0.2) is 11.5 Å². The molecule has 5 N–H and O–H groups in total. The third kappa shape index (κ3) is 2.41. The molecule has 0 aromatic heterocycles. The topological polar surface area (TPSA) is 113 Å². The van der Waals surface area contributed by atoms with Gasteiger partial charge in [-0.05, 0) is 17.6 Å². The van der Waals surface area contributed by atoms with Crippen molar-refractivity contribution in [2.45, 2.75) is 12.1 Å². The fourth-order valence-corrected chi connectivity index (χ4v) is 0.996. The van der Waals surface area contributed by atoms with Gasteiger partial charge in [0, 0.05) is 0 Å². The van der Waals surface area contributed by atoms with Crippen LogP contribution in [0.4, 0.5) is 0 Å². The van der Waals surface area contributed by atoms with E-state index in [1.165, 1.54) is 0 Å². The molecule has 2 atom stereocenters. The van der Waals surface area contributed by atoms with Crippen molar-refractivity contribution in [1.29, 1.82) is 0 Å². The smallest absolute Gasteiger partial charge is 0.325 e. The maximum Gasteiger partial charge on any atom is 0.325 e. The minimum Gasteiger partial charge on any atom is -0.504 e. The van der Waals surface area contributed by atoms with E-state index in [4.69, 9.17) is 9.85 Å². The molecule has 16 heavy (non-hydrogen) atoms. The Bertz CT molecular complexity index is 493. The minimum atomic E-state index is -1.82. The first-order chi connectivity index (χ1) is 8.73. The molecule has 6 nitrogen and oxygen atoms in total. The van der Waals surface area contributed by atoms with Crippen LogP contribution < -0.4 is 5.73 Å². The monoisotopic (exact) mass is 230 g/mol. The predicted molar refractivity (Wildman–Crippen MR) is 54.7 cm³/mol.